The molecular formula is C19H29NO4. The van der Waals surface area contributed by atoms with Crippen LogP contribution in [0.5, 0.6) is 5.75 Å². The molecule has 134 valence electrons. The van der Waals surface area contributed by atoms with E-state index in [1.54, 1.807) is 31.2 Å². The van der Waals surface area contributed by atoms with Crippen molar-refractivity contribution in [1.29, 1.82) is 0 Å². The molecule has 0 aromatic heterocycles. The molecule has 1 aromatic carbocycles. The van der Waals surface area contributed by atoms with Crippen molar-refractivity contribution in [2.75, 3.05) is 32.8 Å². The van der Waals surface area contributed by atoms with Crippen LogP contribution in [0.25, 0.3) is 0 Å². The molecule has 0 spiro atoms. The van der Waals surface area contributed by atoms with Crippen molar-refractivity contribution >= 4 is 5.97 Å². The Balaban J connectivity index is 1.80. The number of ether oxygens (including phenoxy) is 2. The molecule has 1 aliphatic carbocycles. The minimum absolute atomic E-state index is 0.219. The van der Waals surface area contributed by atoms with E-state index in [9.17, 15) is 9.90 Å². The van der Waals surface area contributed by atoms with E-state index in [0.29, 0.717) is 24.5 Å². The van der Waals surface area contributed by atoms with Crippen LogP contribution in [0.15, 0.2) is 24.3 Å². The normalized spacial score (nSPS) is 15.3. The molecule has 1 atom stereocenters. The molecule has 5 nitrogen and oxygen atoms in total. The molecule has 1 fully saturated rings. The number of benzene rings is 1. The van der Waals surface area contributed by atoms with E-state index in [0.717, 1.165) is 25.4 Å². The summed E-state index contributed by atoms with van der Waals surface area (Å²) in [6.07, 6.45) is 3.17. The van der Waals surface area contributed by atoms with E-state index in [1.807, 2.05) is 0 Å². The summed E-state index contributed by atoms with van der Waals surface area (Å²) in [7, 11) is 0. The fourth-order valence-electron chi connectivity index (χ4n) is 2.71. The zero-order valence-electron chi connectivity index (χ0n) is 14.7. The lowest BCUT2D eigenvalue weighted by Gasteiger charge is -2.24. The number of carbonyl (C=O) groups excluding carboxylic acids is 1. The van der Waals surface area contributed by atoms with Gasteiger partial charge >= 0.3 is 5.97 Å². The summed E-state index contributed by atoms with van der Waals surface area (Å²) in [6.45, 7) is 7.20. The van der Waals surface area contributed by atoms with Crippen LogP contribution in [0, 0.1) is 5.92 Å². The minimum Gasteiger partial charge on any atom is -0.491 e. The largest absolute Gasteiger partial charge is 0.491 e. The van der Waals surface area contributed by atoms with Crippen molar-refractivity contribution in [3.05, 3.63) is 29.8 Å². The van der Waals surface area contributed by atoms with Gasteiger partial charge in [-0.3, -0.25) is 0 Å². The van der Waals surface area contributed by atoms with Crippen LogP contribution < -0.4 is 4.74 Å². The van der Waals surface area contributed by atoms with E-state index in [2.05, 4.69) is 11.8 Å². The van der Waals surface area contributed by atoms with Crippen LogP contribution in [-0.4, -0.2) is 54.9 Å². The quantitative estimate of drug-likeness (QED) is 0.630. The molecule has 1 N–H and O–H groups in total. The van der Waals surface area contributed by atoms with Gasteiger partial charge in [0, 0.05) is 13.1 Å². The highest BCUT2D eigenvalue weighted by Gasteiger charge is 2.25. The summed E-state index contributed by atoms with van der Waals surface area (Å²) in [5.74, 6) is 1.02. The van der Waals surface area contributed by atoms with E-state index in [4.69, 9.17) is 9.47 Å². The third-order valence-electron chi connectivity index (χ3n) is 4.01. The molecule has 5 heteroatoms. The summed E-state index contributed by atoms with van der Waals surface area (Å²) in [5.41, 5.74) is 0.463. The van der Waals surface area contributed by atoms with E-state index >= 15 is 0 Å². The van der Waals surface area contributed by atoms with Crippen LogP contribution in [0.1, 0.15) is 43.5 Å². The first kappa shape index (κ1) is 18.7. The number of aliphatic hydroxyl groups excluding tert-OH is 1. The van der Waals surface area contributed by atoms with Crippen LogP contribution in [0.3, 0.4) is 0 Å². The maximum Gasteiger partial charge on any atom is 0.338 e. The fourth-order valence-corrected chi connectivity index (χ4v) is 2.71. The summed E-state index contributed by atoms with van der Waals surface area (Å²) in [4.78, 5) is 14.0. The number of carbonyl (C=O) groups is 1. The molecule has 1 aromatic rings. The predicted molar refractivity (Wildman–Crippen MR) is 93.4 cm³/mol. The number of hydrogen-bond acceptors (Lipinski definition) is 5. The zero-order valence-corrected chi connectivity index (χ0v) is 14.7. The molecule has 0 radical (unpaired) electrons. The van der Waals surface area contributed by atoms with Gasteiger partial charge in [0.25, 0.3) is 0 Å². The zero-order chi connectivity index (χ0) is 17.4. The molecule has 2 rings (SSSR count). The van der Waals surface area contributed by atoms with Crippen LogP contribution in [-0.2, 0) is 4.74 Å². The second-order valence-corrected chi connectivity index (χ2v) is 6.42. The van der Waals surface area contributed by atoms with E-state index in [1.165, 1.54) is 12.8 Å². The average Bonchev–Trinajstić information content (AvgIpc) is 3.38. The summed E-state index contributed by atoms with van der Waals surface area (Å²) >= 11 is 0. The molecule has 0 bridgehead atoms. The smallest absolute Gasteiger partial charge is 0.338 e. The first-order valence-electron chi connectivity index (χ1n) is 8.92. The van der Waals surface area contributed by atoms with Gasteiger partial charge in [-0.1, -0.05) is 13.0 Å². The maximum atomic E-state index is 11.7. The lowest BCUT2D eigenvalue weighted by molar-refractivity contribution is 0.0525. The van der Waals surface area contributed by atoms with Crippen molar-refractivity contribution in [2.24, 2.45) is 5.92 Å². The third kappa shape index (κ3) is 6.49. The molecule has 0 saturated heterocycles. The van der Waals surface area contributed by atoms with Crippen LogP contribution >= 0.6 is 0 Å². The standard InChI is InChI=1S/C19H29NO4/c1-3-10-20(12-15-8-9-15)13-17(21)14-24-18-7-5-6-16(11-18)19(22)23-4-2/h5-7,11,15,17,21H,3-4,8-10,12-14H2,1-2H3. The monoisotopic (exact) mass is 335 g/mol. The number of rotatable bonds is 11. The molecule has 1 saturated carbocycles. The van der Waals surface area contributed by atoms with Gasteiger partial charge in [-0.05, 0) is 56.8 Å². The lowest BCUT2D eigenvalue weighted by Crippen LogP contribution is -2.37. The molecule has 0 aliphatic heterocycles. The Kier molecular flexibility index (Phi) is 7.53. The Morgan fingerprint density at radius 1 is 1.38 bits per heavy atom. The molecule has 1 unspecified atom stereocenters. The van der Waals surface area contributed by atoms with Gasteiger partial charge in [0.1, 0.15) is 18.5 Å². The van der Waals surface area contributed by atoms with Gasteiger partial charge in [0.2, 0.25) is 0 Å². The van der Waals surface area contributed by atoms with Gasteiger partial charge in [0.05, 0.1) is 12.2 Å². The summed E-state index contributed by atoms with van der Waals surface area (Å²) in [5, 5.41) is 10.2. The second-order valence-electron chi connectivity index (χ2n) is 6.42. The SMILES string of the molecule is CCCN(CC(O)COc1cccc(C(=O)OCC)c1)CC1CC1. The minimum atomic E-state index is -0.540. The molecule has 1 aliphatic rings. The highest BCUT2D eigenvalue weighted by molar-refractivity contribution is 5.89. The van der Waals surface area contributed by atoms with Crippen molar-refractivity contribution in [3.63, 3.8) is 0 Å². The fraction of sp³-hybridized carbons (Fsp3) is 0.632. The van der Waals surface area contributed by atoms with Crippen molar-refractivity contribution in [2.45, 2.75) is 39.2 Å². The van der Waals surface area contributed by atoms with Crippen molar-refractivity contribution < 1.29 is 19.4 Å². The highest BCUT2D eigenvalue weighted by Crippen LogP contribution is 2.29. The predicted octanol–water partition coefficient (Wildman–Crippen LogP) is 2.73. The molecule has 0 amide bonds. The van der Waals surface area contributed by atoms with Gasteiger partial charge in [0.15, 0.2) is 0 Å². The Labute approximate surface area is 144 Å². The molecule has 0 heterocycles. The third-order valence-corrected chi connectivity index (χ3v) is 4.01. The highest BCUT2D eigenvalue weighted by atomic mass is 16.5. The van der Waals surface area contributed by atoms with Crippen molar-refractivity contribution in [3.8, 4) is 5.75 Å². The first-order valence-corrected chi connectivity index (χ1v) is 8.92. The van der Waals surface area contributed by atoms with Crippen molar-refractivity contribution in [1.82, 2.24) is 4.90 Å². The van der Waals surface area contributed by atoms with E-state index in [-0.39, 0.29) is 12.6 Å². The van der Waals surface area contributed by atoms with Crippen LogP contribution in [0.2, 0.25) is 0 Å². The summed E-state index contributed by atoms with van der Waals surface area (Å²) < 4.78 is 10.6. The lowest BCUT2D eigenvalue weighted by atomic mass is 10.2. The number of hydrogen-bond donors (Lipinski definition) is 1. The summed E-state index contributed by atoms with van der Waals surface area (Å²) in [6, 6.07) is 6.88. The Hall–Kier alpha value is -1.59. The number of aliphatic hydroxyl groups is 1. The van der Waals surface area contributed by atoms with Gasteiger partial charge in [-0.25, -0.2) is 4.79 Å². The Bertz CT molecular complexity index is 516. The second kappa shape index (κ2) is 9.64. The number of nitrogens with zero attached hydrogens (tertiary/aromatic N) is 1. The topological polar surface area (TPSA) is 59.0 Å². The molecular weight excluding hydrogens is 306 g/mol. The van der Waals surface area contributed by atoms with Gasteiger partial charge in [-0.15, -0.1) is 0 Å². The maximum absolute atomic E-state index is 11.7. The van der Waals surface area contributed by atoms with E-state index < -0.39 is 6.10 Å². The molecule has 24 heavy (non-hydrogen) atoms. The Morgan fingerprint density at radius 3 is 2.83 bits per heavy atom. The van der Waals surface area contributed by atoms with Gasteiger partial charge in [-0.2, -0.15) is 0 Å². The first-order chi connectivity index (χ1) is 11.6. The number of esters is 1. The Morgan fingerprint density at radius 2 is 2.17 bits per heavy atom. The van der Waals surface area contributed by atoms with Gasteiger partial charge < -0.3 is 19.5 Å². The average molecular weight is 335 g/mol. The van der Waals surface area contributed by atoms with Crippen LogP contribution in [0.4, 0.5) is 0 Å².